The number of nitrogens with zero attached hydrogens (tertiary/aromatic N) is 3. The second-order valence-electron chi connectivity index (χ2n) is 7.09. The monoisotopic (exact) mass is 370 g/mol. The van der Waals surface area contributed by atoms with Gasteiger partial charge in [-0.05, 0) is 31.7 Å². The lowest BCUT2D eigenvalue weighted by Gasteiger charge is -2.35. The van der Waals surface area contributed by atoms with Crippen molar-refractivity contribution in [2.45, 2.75) is 37.8 Å². The number of piperidine rings is 1. The van der Waals surface area contributed by atoms with Crippen molar-refractivity contribution >= 4 is 11.6 Å². The van der Waals surface area contributed by atoms with Gasteiger partial charge in [0, 0.05) is 18.2 Å². The van der Waals surface area contributed by atoms with Gasteiger partial charge >= 0.3 is 0 Å². The van der Waals surface area contributed by atoms with Gasteiger partial charge in [0.2, 0.25) is 0 Å². The molecule has 0 bridgehead atoms. The van der Waals surface area contributed by atoms with Crippen LogP contribution in [0.3, 0.4) is 0 Å². The van der Waals surface area contributed by atoms with Crippen molar-refractivity contribution < 1.29 is 14.6 Å². The first-order chi connectivity index (χ1) is 13.3. The molecule has 1 saturated heterocycles. The number of aromatic nitrogens is 2. The summed E-state index contributed by atoms with van der Waals surface area (Å²) >= 11 is 0. The Morgan fingerprint density at radius 2 is 2.26 bits per heavy atom. The topological polar surface area (TPSA) is 79.7 Å². The molecule has 2 N–H and O–H groups in total. The van der Waals surface area contributed by atoms with Crippen LogP contribution >= 0.6 is 0 Å². The van der Waals surface area contributed by atoms with E-state index in [9.17, 15) is 5.11 Å². The molecule has 1 aromatic heterocycles. The summed E-state index contributed by atoms with van der Waals surface area (Å²) in [5.74, 6) is 3.25. The third-order valence-corrected chi connectivity index (χ3v) is 5.31. The molecule has 3 heterocycles. The maximum atomic E-state index is 9.66. The Morgan fingerprint density at radius 1 is 1.33 bits per heavy atom. The normalized spacial score (nSPS) is 21.9. The molecule has 2 aromatic rings. The van der Waals surface area contributed by atoms with Crippen molar-refractivity contribution in [3.05, 3.63) is 36.2 Å². The third-order valence-electron chi connectivity index (χ3n) is 5.31. The van der Waals surface area contributed by atoms with Crippen LogP contribution in [0.5, 0.6) is 11.5 Å². The lowest BCUT2D eigenvalue weighted by atomic mass is 10.0. The first-order valence-electron chi connectivity index (χ1n) is 9.53. The molecule has 0 spiro atoms. The number of ether oxygens (including phenoxy) is 2. The molecule has 1 aromatic carbocycles. The van der Waals surface area contributed by atoms with Crippen molar-refractivity contribution in [1.29, 1.82) is 0 Å². The number of anilines is 2. The predicted octanol–water partition coefficient (Wildman–Crippen LogP) is 2.25. The fourth-order valence-corrected chi connectivity index (χ4v) is 3.93. The molecule has 2 unspecified atom stereocenters. The third kappa shape index (κ3) is 3.78. The number of fused-ring (bicyclic) bond motifs is 1. The van der Waals surface area contributed by atoms with E-state index >= 15 is 0 Å². The van der Waals surface area contributed by atoms with Crippen LogP contribution in [0.4, 0.5) is 11.6 Å². The van der Waals surface area contributed by atoms with E-state index in [1.807, 2.05) is 18.2 Å². The zero-order valence-electron chi connectivity index (χ0n) is 15.6. The number of aliphatic hydroxyl groups excluding tert-OH is 1. The van der Waals surface area contributed by atoms with Crippen molar-refractivity contribution in [2.24, 2.45) is 0 Å². The fourth-order valence-electron chi connectivity index (χ4n) is 3.93. The van der Waals surface area contributed by atoms with Gasteiger partial charge in [0.15, 0.2) is 11.5 Å². The van der Waals surface area contributed by atoms with Crippen LogP contribution in [-0.4, -0.2) is 54.0 Å². The van der Waals surface area contributed by atoms with E-state index in [4.69, 9.17) is 9.47 Å². The van der Waals surface area contributed by atoms with E-state index < -0.39 is 0 Å². The Balaban J connectivity index is 1.47. The van der Waals surface area contributed by atoms with Crippen LogP contribution < -0.4 is 19.7 Å². The van der Waals surface area contributed by atoms with Crippen LogP contribution in [0.2, 0.25) is 0 Å². The fraction of sp³-hybridized carbons (Fsp3) is 0.500. The summed E-state index contributed by atoms with van der Waals surface area (Å²) in [4.78, 5) is 11.0. The van der Waals surface area contributed by atoms with Crippen LogP contribution in [0.15, 0.2) is 30.6 Å². The highest BCUT2D eigenvalue weighted by molar-refractivity contribution is 5.52. The summed E-state index contributed by atoms with van der Waals surface area (Å²) in [6, 6.07) is 8.20. The molecule has 0 radical (unpaired) electrons. The Labute approximate surface area is 159 Å². The number of para-hydroxylation sites is 1. The molecule has 7 heteroatoms. The molecule has 4 rings (SSSR count). The molecule has 1 fully saturated rings. The number of benzene rings is 1. The first-order valence-corrected chi connectivity index (χ1v) is 9.53. The van der Waals surface area contributed by atoms with E-state index in [0.717, 1.165) is 60.9 Å². The SMILES string of the molecule is COc1cccc2c1OCC(Nc1cc(N3CCCCC3CO)ncn1)C2. The van der Waals surface area contributed by atoms with Crippen molar-refractivity contribution in [3.63, 3.8) is 0 Å². The zero-order valence-corrected chi connectivity index (χ0v) is 15.6. The molecule has 2 atom stereocenters. The van der Waals surface area contributed by atoms with Gasteiger partial charge in [0.25, 0.3) is 0 Å². The van der Waals surface area contributed by atoms with E-state index in [0.29, 0.717) is 6.61 Å². The van der Waals surface area contributed by atoms with Crippen LogP contribution in [0, 0.1) is 0 Å². The summed E-state index contributed by atoms with van der Waals surface area (Å²) in [5, 5.41) is 13.1. The van der Waals surface area contributed by atoms with Crippen LogP contribution in [0.25, 0.3) is 0 Å². The lowest BCUT2D eigenvalue weighted by Crippen LogP contribution is -2.42. The lowest BCUT2D eigenvalue weighted by molar-refractivity contribution is 0.239. The van der Waals surface area contributed by atoms with Gasteiger partial charge in [-0.3, -0.25) is 0 Å². The van der Waals surface area contributed by atoms with Gasteiger partial charge in [-0.25, -0.2) is 9.97 Å². The summed E-state index contributed by atoms with van der Waals surface area (Å²) in [6.07, 6.45) is 5.70. The maximum absolute atomic E-state index is 9.66. The number of methoxy groups -OCH3 is 1. The summed E-state index contributed by atoms with van der Waals surface area (Å²) in [7, 11) is 1.66. The minimum absolute atomic E-state index is 0.127. The summed E-state index contributed by atoms with van der Waals surface area (Å²) in [5.41, 5.74) is 1.13. The number of hydrogen-bond donors (Lipinski definition) is 2. The standard InChI is InChI=1S/C20H26N4O3/c1-26-17-7-4-5-14-9-15(12-27-20(14)17)23-18-10-19(22-13-21-18)24-8-3-2-6-16(24)11-25/h4-5,7,10,13,15-16,25H,2-3,6,8-9,11-12H2,1H3,(H,21,22,23). The van der Waals surface area contributed by atoms with E-state index in [1.165, 1.54) is 0 Å². The molecule has 0 amide bonds. The second-order valence-corrected chi connectivity index (χ2v) is 7.09. The summed E-state index contributed by atoms with van der Waals surface area (Å²) in [6.45, 7) is 1.62. The molecule has 2 aliphatic rings. The molecular formula is C20H26N4O3. The minimum atomic E-state index is 0.127. The minimum Gasteiger partial charge on any atom is -0.493 e. The zero-order chi connectivity index (χ0) is 18.6. The molecule has 144 valence electrons. The second kappa shape index (κ2) is 8.00. The number of aliphatic hydroxyl groups is 1. The van der Waals surface area contributed by atoms with E-state index in [-0.39, 0.29) is 18.7 Å². The number of nitrogens with one attached hydrogen (secondary N) is 1. The molecule has 7 nitrogen and oxygen atoms in total. The van der Waals surface area contributed by atoms with E-state index in [1.54, 1.807) is 13.4 Å². The van der Waals surface area contributed by atoms with E-state index in [2.05, 4.69) is 26.3 Å². The largest absolute Gasteiger partial charge is 0.493 e. The van der Waals surface area contributed by atoms with Gasteiger partial charge in [-0.2, -0.15) is 0 Å². The molecular weight excluding hydrogens is 344 g/mol. The Kier molecular flexibility index (Phi) is 5.29. The Bertz CT molecular complexity index is 786. The van der Waals surface area contributed by atoms with Gasteiger partial charge < -0.3 is 24.8 Å². The number of rotatable bonds is 5. The first kappa shape index (κ1) is 17.9. The van der Waals surface area contributed by atoms with Gasteiger partial charge in [-0.1, -0.05) is 12.1 Å². The Morgan fingerprint density at radius 3 is 3.11 bits per heavy atom. The molecule has 0 aliphatic carbocycles. The summed E-state index contributed by atoms with van der Waals surface area (Å²) < 4.78 is 11.3. The highest BCUT2D eigenvalue weighted by atomic mass is 16.5. The highest BCUT2D eigenvalue weighted by Gasteiger charge is 2.25. The quantitative estimate of drug-likeness (QED) is 0.836. The van der Waals surface area contributed by atoms with Crippen LogP contribution in [-0.2, 0) is 6.42 Å². The van der Waals surface area contributed by atoms with Gasteiger partial charge in [0.05, 0.1) is 25.8 Å². The average Bonchev–Trinajstić information content (AvgIpc) is 2.73. The number of hydrogen-bond acceptors (Lipinski definition) is 7. The molecule has 0 saturated carbocycles. The van der Waals surface area contributed by atoms with Crippen molar-refractivity contribution in [3.8, 4) is 11.5 Å². The van der Waals surface area contributed by atoms with Gasteiger partial charge in [-0.15, -0.1) is 0 Å². The molecule has 2 aliphatic heterocycles. The predicted molar refractivity (Wildman–Crippen MR) is 104 cm³/mol. The smallest absolute Gasteiger partial charge is 0.164 e. The van der Waals surface area contributed by atoms with Gasteiger partial charge in [0.1, 0.15) is 24.6 Å². The maximum Gasteiger partial charge on any atom is 0.164 e. The molecule has 27 heavy (non-hydrogen) atoms. The highest BCUT2D eigenvalue weighted by Crippen LogP contribution is 2.35. The van der Waals surface area contributed by atoms with Crippen LogP contribution in [0.1, 0.15) is 24.8 Å². The van der Waals surface area contributed by atoms with Crippen molar-refractivity contribution in [1.82, 2.24) is 9.97 Å². The van der Waals surface area contributed by atoms with Crippen molar-refractivity contribution in [2.75, 3.05) is 37.1 Å². The average molecular weight is 370 g/mol. The Hall–Kier alpha value is -2.54.